The third kappa shape index (κ3) is 2.17. The highest BCUT2D eigenvalue weighted by Gasteiger charge is 2.15. The molecule has 0 radical (unpaired) electrons. The summed E-state index contributed by atoms with van der Waals surface area (Å²) in [5.74, 6) is -0.227. The Hall–Kier alpha value is -2.70. The second-order valence-electron chi connectivity index (χ2n) is 4.04. The summed E-state index contributed by atoms with van der Waals surface area (Å²) in [4.78, 5) is 34.6. The fraction of sp³-hybridized carbons (Fsp3) is 0.167. The first-order valence-electron chi connectivity index (χ1n) is 5.53. The number of nitrogen functional groups attached to an aromatic ring is 1. The second kappa shape index (κ2) is 4.89. The van der Waals surface area contributed by atoms with Crippen LogP contribution in [-0.2, 0) is 13.6 Å². The van der Waals surface area contributed by atoms with Gasteiger partial charge in [-0.25, -0.2) is 4.79 Å². The molecular weight excluding hydrogens is 248 g/mol. The van der Waals surface area contributed by atoms with Crippen LogP contribution in [0.5, 0.6) is 0 Å². The zero-order chi connectivity index (χ0) is 14.0. The molecule has 0 aliphatic carbocycles. The highest BCUT2D eigenvalue weighted by molar-refractivity contribution is 5.55. The van der Waals surface area contributed by atoms with Crippen molar-refractivity contribution < 1.29 is 0 Å². The predicted octanol–water partition coefficient (Wildman–Crippen LogP) is 0.575. The molecule has 0 amide bonds. The standard InChI is InChI=1S/C12H12N4O3/c1-15-10(13)9(14-19)11(17)16(12(15)18)7-8-5-3-2-4-6-8/h2-6H,7,13H2,1H3. The summed E-state index contributed by atoms with van der Waals surface area (Å²) < 4.78 is 1.96. The van der Waals surface area contributed by atoms with Gasteiger partial charge in [0.05, 0.1) is 6.54 Å². The fourth-order valence-corrected chi connectivity index (χ4v) is 1.76. The highest BCUT2D eigenvalue weighted by atomic mass is 16.3. The first kappa shape index (κ1) is 12.7. The Morgan fingerprint density at radius 1 is 1.21 bits per heavy atom. The lowest BCUT2D eigenvalue weighted by Gasteiger charge is -2.10. The first-order valence-corrected chi connectivity index (χ1v) is 5.53. The van der Waals surface area contributed by atoms with Gasteiger partial charge in [0.25, 0.3) is 5.56 Å². The van der Waals surface area contributed by atoms with E-state index >= 15 is 0 Å². The fourth-order valence-electron chi connectivity index (χ4n) is 1.76. The van der Waals surface area contributed by atoms with Crippen LogP contribution in [0.1, 0.15) is 5.56 Å². The second-order valence-corrected chi connectivity index (χ2v) is 4.04. The van der Waals surface area contributed by atoms with Crippen LogP contribution in [0.15, 0.2) is 45.1 Å². The number of nitrogens with two attached hydrogens (primary N) is 1. The van der Waals surface area contributed by atoms with E-state index in [0.29, 0.717) is 0 Å². The number of nitrogens with zero attached hydrogens (tertiary/aromatic N) is 3. The van der Waals surface area contributed by atoms with E-state index in [9.17, 15) is 14.5 Å². The van der Waals surface area contributed by atoms with Crippen molar-refractivity contribution in [2.24, 2.45) is 12.2 Å². The molecule has 0 spiro atoms. The lowest BCUT2D eigenvalue weighted by Crippen LogP contribution is -2.40. The number of nitroso groups, excluding NO2 is 1. The van der Waals surface area contributed by atoms with E-state index in [-0.39, 0.29) is 12.4 Å². The number of benzene rings is 1. The summed E-state index contributed by atoms with van der Waals surface area (Å²) in [6.07, 6.45) is 0. The quantitative estimate of drug-likeness (QED) is 0.815. The molecule has 0 atom stereocenters. The lowest BCUT2D eigenvalue weighted by molar-refractivity contribution is 0.647. The number of aromatic nitrogens is 2. The molecule has 2 aromatic rings. The number of rotatable bonds is 3. The van der Waals surface area contributed by atoms with Gasteiger partial charge in [-0.1, -0.05) is 30.3 Å². The first-order chi connectivity index (χ1) is 9.06. The average Bonchev–Trinajstić information content (AvgIpc) is 2.43. The molecule has 0 unspecified atom stereocenters. The van der Waals surface area contributed by atoms with Crippen LogP contribution in [0.4, 0.5) is 11.5 Å². The Labute approximate surface area is 107 Å². The highest BCUT2D eigenvalue weighted by Crippen LogP contribution is 2.12. The van der Waals surface area contributed by atoms with Crippen LogP contribution in [0.25, 0.3) is 0 Å². The van der Waals surface area contributed by atoms with Crippen LogP contribution in [0.3, 0.4) is 0 Å². The zero-order valence-corrected chi connectivity index (χ0v) is 10.2. The van der Waals surface area contributed by atoms with Crippen molar-refractivity contribution in [3.63, 3.8) is 0 Å². The van der Waals surface area contributed by atoms with Crippen LogP contribution in [0.2, 0.25) is 0 Å². The van der Waals surface area contributed by atoms with Crippen LogP contribution < -0.4 is 17.0 Å². The molecule has 1 heterocycles. The third-order valence-corrected chi connectivity index (χ3v) is 2.84. The summed E-state index contributed by atoms with van der Waals surface area (Å²) in [6.45, 7) is 0.0646. The Kier molecular flexibility index (Phi) is 3.28. The molecule has 0 aliphatic heterocycles. The molecule has 2 N–H and O–H groups in total. The van der Waals surface area contributed by atoms with Gasteiger partial charge in [0.15, 0.2) is 0 Å². The monoisotopic (exact) mass is 260 g/mol. The molecule has 0 saturated carbocycles. The van der Waals surface area contributed by atoms with Crippen LogP contribution in [0, 0.1) is 4.91 Å². The Balaban J connectivity index is 2.65. The molecule has 7 nitrogen and oxygen atoms in total. The summed E-state index contributed by atoms with van der Waals surface area (Å²) >= 11 is 0. The third-order valence-electron chi connectivity index (χ3n) is 2.84. The van der Waals surface area contributed by atoms with Gasteiger partial charge in [-0.2, -0.15) is 0 Å². The SMILES string of the molecule is Cn1c(N)c(N=O)c(=O)n(Cc2ccccc2)c1=O. The van der Waals surface area contributed by atoms with Gasteiger partial charge >= 0.3 is 5.69 Å². The van der Waals surface area contributed by atoms with E-state index in [1.165, 1.54) is 7.05 Å². The van der Waals surface area contributed by atoms with E-state index in [1.807, 2.05) is 6.07 Å². The van der Waals surface area contributed by atoms with Crippen molar-refractivity contribution >= 4 is 11.5 Å². The van der Waals surface area contributed by atoms with E-state index in [4.69, 9.17) is 5.73 Å². The van der Waals surface area contributed by atoms with Gasteiger partial charge in [-0.3, -0.25) is 13.9 Å². The summed E-state index contributed by atoms with van der Waals surface area (Å²) in [5, 5.41) is 2.61. The zero-order valence-electron chi connectivity index (χ0n) is 10.2. The minimum atomic E-state index is -0.778. The lowest BCUT2D eigenvalue weighted by atomic mass is 10.2. The van der Waals surface area contributed by atoms with E-state index < -0.39 is 16.9 Å². The van der Waals surface area contributed by atoms with Crippen molar-refractivity contribution in [1.82, 2.24) is 9.13 Å². The molecular formula is C12H12N4O3. The Morgan fingerprint density at radius 3 is 2.42 bits per heavy atom. The van der Waals surface area contributed by atoms with Crippen molar-refractivity contribution in [1.29, 1.82) is 0 Å². The molecule has 7 heteroatoms. The van der Waals surface area contributed by atoms with Crippen LogP contribution in [-0.4, -0.2) is 9.13 Å². The van der Waals surface area contributed by atoms with Crippen molar-refractivity contribution in [3.05, 3.63) is 61.6 Å². The molecule has 19 heavy (non-hydrogen) atoms. The molecule has 2 rings (SSSR count). The molecule has 0 fully saturated rings. The maximum atomic E-state index is 12.0. The molecule has 1 aromatic carbocycles. The molecule has 0 aliphatic rings. The topological polar surface area (TPSA) is 99.4 Å². The Bertz CT molecular complexity index is 731. The van der Waals surface area contributed by atoms with Crippen molar-refractivity contribution in [2.45, 2.75) is 6.54 Å². The van der Waals surface area contributed by atoms with E-state index in [2.05, 4.69) is 5.18 Å². The molecule has 1 aromatic heterocycles. The van der Waals surface area contributed by atoms with Gasteiger partial charge < -0.3 is 5.73 Å². The average molecular weight is 260 g/mol. The minimum absolute atomic E-state index is 0.0646. The Morgan fingerprint density at radius 2 is 1.84 bits per heavy atom. The normalized spacial score (nSPS) is 10.4. The minimum Gasteiger partial charge on any atom is -0.383 e. The summed E-state index contributed by atoms with van der Waals surface area (Å²) in [5.41, 5.74) is 4.47. The number of hydrogen-bond acceptors (Lipinski definition) is 5. The maximum absolute atomic E-state index is 12.0. The summed E-state index contributed by atoms with van der Waals surface area (Å²) in [7, 11) is 1.38. The molecule has 0 saturated heterocycles. The van der Waals surface area contributed by atoms with E-state index in [1.54, 1.807) is 24.3 Å². The van der Waals surface area contributed by atoms with Gasteiger partial charge in [-0.15, -0.1) is 4.91 Å². The number of anilines is 1. The smallest absolute Gasteiger partial charge is 0.332 e. The molecule has 0 bridgehead atoms. The van der Waals surface area contributed by atoms with Crippen molar-refractivity contribution in [2.75, 3.05) is 5.73 Å². The molecule has 98 valence electrons. The number of hydrogen-bond donors (Lipinski definition) is 1. The van der Waals surface area contributed by atoms with Gasteiger partial charge in [0.2, 0.25) is 5.69 Å². The van der Waals surface area contributed by atoms with Crippen molar-refractivity contribution in [3.8, 4) is 0 Å². The van der Waals surface area contributed by atoms with Gasteiger partial charge in [0, 0.05) is 7.05 Å². The van der Waals surface area contributed by atoms with Gasteiger partial charge in [0.1, 0.15) is 5.82 Å². The largest absolute Gasteiger partial charge is 0.383 e. The predicted molar refractivity (Wildman–Crippen MR) is 71.4 cm³/mol. The van der Waals surface area contributed by atoms with Crippen LogP contribution >= 0.6 is 0 Å². The van der Waals surface area contributed by atoms with E-state index in [0.717, 1.165) is 14.7 Å². The maximum Gasteiger partial charge on any atom is 0.332 e. The van der Waals surface area contributed by atoms with Gasteiger partial charge in [-0.05, 0) is 10.7 Å². The summed E-state index contributed by atoms with van der Waals surface area (Å²) in [6, 6.07) is 8.96.